The Labute approximate surface area is 270 Å². The van der Waals surface area contributed by atoms with Crippen molar-refractivity contribution in [2.24, 2.45) is 5.41 Å². The molecule has 250 valence electrons. The van der Waals surface area contributed by atoms with Crippen LogP contribution in [0.15, 0.2) is 72.8 Å². The van der Waals surface area contributed by atoms with Gasteiger partial charge in [0.15, 0.2) is 0 Å². The summed E-state index contributed by atoms with van der Waals surface area (Å²) >= 11 is 0. The lowest BCUT2D eigenvalue weighted by molar-refractivity contribution is -0.217. The smallest absolute Gasteiger partial charge is 0.395 e. The molecule has 0 aromatic heterocycles. The van der Waals surface area contributed by atoms with Crippen molar-refractivity contribution in [3.63, 3.8) is 0 Å². The van der Waals surface area contributed by atoms with Gasteiger partial charge in [-0.05, 0) is 114 Å². The number of aliphatic carboxylic acids is 1. The zero-order valence-electron chi connectivity index (χ0n) is 27.6. The van der Waals surface area contributed by atoms with Crippen LogP contribution in [0.4, 0.5) is 13.2 Å². The van der Waals surface area contributed by atoms with Crippen LogP contribution in [0.25, 0.3) is 0 Å². The summed E-state index contributed by atoms with van der Waals surface area (Å²) in [6.45, 7) is 9.55. The monoisotopic (exact) mass is 641 g/mol. The largest absolute Gasteiger partial charge is 0.497 e. The second-order valence-electron chi connectivity index (χ2n) is 13.8. The van der Waals surface area contributed by atoms with Crippen LogP contribution in [-0.4, -0.2) is 54.6 Å². The van der Waals surface area contributed by atoms with Gasteiger partial charge < -0.3 is 19.3 Å². The summed E-state index contributed by atoms with van der Waals surface area (Å²) in [7, 11) is 1.63. The first-order chi connectivity index (χ1) is 21.5. The molecule has 1 heterocycles. The Morgan fingerprint density at radius 2 is 1.52 bits per heavy atom. The number of halogens is 3. The lowest BCUT2D eigenvalue weighted by atomic mass is 9.67. The number of hydrogen-bond donors (Lipinski definition) is 1. The maximum Gasteiger partial charge on any atom is 0.395 e. The first-order valence-electron chi connectivity index (χ1n) is 15.7. The second kappa shape index (κ2) is 14.1. The van der Waals surface area contributed by atoms with Gasteiger partial charge in [0.1, 0.15) is 17.2 Å². The van der Waals surface area contributed by atoms with E-state index in [0.29, 0.717) is 43.2 Å². The molecule has 0 bridgehead atoms. The Hall–Kier alpha value is -3.56. The molecule has 3 aromatic rings. The third-order valence-electron chi connectivity index (χ3n) is 9.15. The van der Waals surface area contributed by atoms with E-state index < -0.39 is 23.5 Å². The van der Waals surface area contributed by atoms with Gasteiger partial charge in [-0.3, -0.25) is 9.69 Å². The summed E-state index contributed by atoms with van der Waals surface area (Å²) in [4.78, 5) is 13.2. The number of carboxylic acid groups (broad SMARTS) is 1. The van der Waals surface area contributed by atoms with Crippen LogP contribution >= 0.6 is 0 Å². The fourth-order valence-electron chi connectivity index (χ4n) is 6.28. The van der Waals surface area contributed by atoms with E-state index in [1.165, 1.54) is 13.8 Å². The van der Waals surface area contributed by atoms with E-state index >= 15 is 0 Å². The predicted octanol–water partition coefficient (Wildman–Crippen LogP) is 8.98. The van der Waals surface area contributed by atoms with Crippen LogP contribution in [0, 0.1) is 5.41 Å². The van der Waals surface area contributed by atoms with Crippen LogP contribution in [0.3, 0.4) is 0 Å². The highest BCUT2D eigenvalue weighted by Crippen LogP contribution is 2.45. The maximum atomic E-state index is 14.1. The van der Waals surface area contributed by atoms with Crippen molar-refractivity contribution < 1.29 is 37.3 Å². The summed E-state index contributed by atoms with van der Waals surface area (Å²) in [5, 5.41) is 9.23. The van der Waals surface area contributed by atoms with Gasteiger partial charge in [0.05, 0.1) is 24.0 Å². The first kappa shape index (κ1) is 35.3. The normalized spacial score (nSPS) is 19.1. The van der Waals surface area contributed by atoms with Gasteiger partial charge in [-0.1, -0.05) is 36.4 Å². The molecule has 0 aliphatic carbocycles. The summed E-state index contributed by atoms with van der Waals surface area (Å²) in [6, 6.07) is 22.3. The average molecular weight is 642 g/mol. The van der Waals surface area contributed by atoms with Gasteiger partial charge in [-0.25, -0.2) is 0 Å². The Kier molecular flexibility index (Phi) is 10.8. The maximum absolute atomic E-state index is 14.1. The van der Waals surface area contributed by atoms with Crippen molar-refractivity contribution in [3.8, 4) is 17.2 Å². The fourth-order valence-corrected chi connectivity index (χ4v) is 6.28. The number of methoxy groups -OCH3 is 1. The molecule has 6 nitrogen and oxygen atoms in total. The molecule has 0 amide bonds. The van der Waals surface area contributed by atoms with E-state index in [9.17, 15) is 23.1 Å². The van der Waals surface area contributed by atoms with Crippen molar-refractivity contribution >= 4 is 5.97 Å². The van der Waals surface area contributed by atoms with Crippen LogP contribution in [-0.2, 0) is 21.5 Å². The number of alkyl halides is 3. The van der Waals surface area contributed by atoms with Gasteiger partial charge in [0, 0.05) is 25.1 Å². The molecular weight excluding hydrogens is 595 g/mol. The van der Waals surface area contributed by atoms with Crippen molar-refractivity contribution in [1.29, 1.82) is 0 Å². The highest BCUT2D eigenvalue weighted by atomic mass is 19.4. The summed E-state index contributed by atoms with van der Waals surface area (Å²) in [5.74, 6) is 0.377. The zero-order valence-corrected chi connectivity index (χ0v) is 27.6. The van der Waals surface area contributed by atoms with Gasteiger partial charge >= 0.3 is 12.1 Å². The molecule has 3 aromatic carbocycles. The molecule has 2 atom stereocenters. The average Bonchev–Trinajstić information content (AvgIpc) is 2.99. The summed E-state index contributed by atoms with van der Waals surface area (Å²) < 4.78 is 59.7. The lowest BCUT2D eigenvalue weighted by Gasteiger charge is -2.46. The molecule has 0 saturated carbocycles. The van der Waals surface area contributed by atoms with Gasteiger partial charge in [-0.15, -0.1) is 0 Å². The third kappa shape index (κ3) is 8.82. The minimum atomic E-state index is -4.35. The predicted molar refractivity (Wildman–Crippen MR) is 173 cm³/mol. The zero-order chi connectivity index (χ0) is 33.8. The molecule has 46 heavy (non-hydrogen) atoms. The molecule has 9 heteroatoms. The number of benzene rings is 3. The van der Waals surface area contributed by atoms with Gasteiger partial charge in [0.25, 0.3) is 0 Å². The third-order valence-corrected chi connectivity index (χ3v) is 9.15. The van der Waals surface area contributed by atoms with E-state index in [4.69, 9.17) is 14.2 Å². The van der Waals surface area contributed by atoms with Crippen LogP contribution in [0.5, 0.6) is 17.2 Å². The van der Waals surface area contributed by atoms with E-state index in [2.05, 4.69) is 26.0 Å². The molecule has 1 unspecified atom stereocenters. The standard InChI is InChI=1S/C37H46F3NO5/c1-26(33(42)43)28-9-15-32(16-10-28)46-31-13-7-27(8-14-31)23-41(25-34(2,3)37(38,39)40)21-19-36(20-22-45-35(4,5)24-36)29-11-17-30(44-6)18-12-29/h7-18,26H,19-25H2,1-6H3,(H,42,43)/t26?,36-/m1/s1. The highest BCUT2D eigenvalue weighted by Gasteiger charge is 2.48. The lowest BCUT2D eigenvalue weighted by Crippen LogP contribution is -2.47. The number of nitrogens with zero attached hydrogens (tertiary/aromatic N) is 1. The Morgan fingerprint density at radius 3 is 2.04 bits per heavy atom. The SMILES string of the molecule is COc1ccc([C@]2(CCN(Cc3ccc(Oc4ccc(C(C)C(=O)O)cc4)cc3)CC(C)(C)C(F)(F)F)CCOC(C)(C)C2)cc1. The molecule has 1 fully saturated rings. The van der Waals surface area contributed by atoms with E-state index in [-0.39, 0.29) is 17.6 Å². The van der Waals surface area contributed by atoms with E-state index in [0.717, 1.165) is 29.7 Å². The molecule has 1 aliphatic heterocycles. The second-order valence-corrected chi connectivity index (χ2v) is 13.8. The number of ether oxygens (including phenoxy) is 3. The molecule has 0 radical (unpaired) electrons. The van der Waals surface area contributed by atoms with Gasteiger partial charge in [0.2, 0.25) is 0 Å². The van der Waals surface area contributed by atoms with Crippen LogP contribution in [0.2, 0.25) is 0 Å². The minimum absolute atomic E-state index is 0.144. The highest BCUT2D eigenvalue weighted by molar-refractivity contribution is 5.75. The quantitative estimate of drug-likeness (QED) is 0.201. The minimum Gasteiger partial charge on any atom is -0.497 e. The topological polar surface area (TPSA) is 68.2 Å². The number of carboxylic acids is 1. The van der Waals surface area contributed by atoms with E-state index in [1.807, 2.05) is 29.2 Å². The number of hydrogen-bond acceptors (Lipinski definition) is 5. The van der Waals surface area contributed by atoms with Crippen molar-refractivity contribution in [2.75, 3.05) is 26.8 Å². The first-order valence-corrected chi connectivity index (χ1v) is 15.7. The summed E-state index contributed by atoms with van der Waals surface area (Å²) in [5.41, 5.74) is 0.176. The van der Waals surface area contributed by atoms with Crippen molar-refractivity contribution in [1.82, 2.24) is 4.90 Å². The van der Waals surface area contributed by atoms with Crippen molar-refractivity contribution in [3.05, 3.63) is 89.5 Å². The number of rotatable bonds is 13. The van der Waals surface area contributed by atoms with E-state index in [1.54, 1.807) is 50.4 Å². The van der Waals surface area contributed by atoms with Crippen molar-refractivity contribution in [2.45, 2.75) is 83.5 Å². The molecule has 1 saturated heterocycles. The Bertz CT molecular complexity index is 1440. The Balaban J connectivity index is 1.53. The molecule has 1 N–H and O–H groups in total. The molecule has 1 aliphatic rings. The molecular formula is C37H46F3NO5. The molecule has 0 spiro atoms. The number of carbonyl (C=O) groups is 1. The van der Waals surface area contributed by atoms with Crippen LogP contribution in [0.1, 0.15) is 76.5 Å². The van der Waals surface area contributed by atoms with Crippen LogP contribution < -0.4 is 9.47 Å². The molecule has 4 rings (SSSR count). The Morgan fingerprint density at radius 1 is 0.957 bits per heavy atom. The summed E-state index contributed by atoms with van der Waals surface area (Å²) in [6.07, 6.45) is -2.14. The fraction of sp³-hybridized carbons (Fsp3) is 0.486. The van der Waals surface area contributed by atoms with Gasteiger partial charge in [-0.2, -0.15) is 13.2 Å².